The summed E-state index contributed by atoms with van der Waals surface area (Å²) in [7, 11) is 0. The van der Waals surface area contributed by atoms with Gasteiger partial charge >= 0.3 is 12.1 Å². The molecule has 1 saturated heterocycles. The van der Waals surface area contributed by atoms with E-state index >= 15 is 0 Å². The van der Waals surface area contributed by atoms with Gasteiger partial charge in [-0.25, -0.2) is 4.39 Å². The van der Waals surface area contributed by atoms with Gasteiger partial charge in [-0.2, -0.15) is 13.2 Å². The van der Waals surface area contributed by atoms with E-state index in [1.165, 1.54) is 41.3 Å². The van der Waals surface area contributed by atoms with Crippen molar-refractivity contribution in [3.63, 3.8) is 0 Å². The number of piperidine rings is 1. The number of aliphatic carboxylic acids is 1. The molecule has 6 nitrogen and oxygen atoms in total. The molecule has 252 valence electrons. The number of hydrogen-bond donors (Lipinski definition) is 1. The highest BCUT2D eigenvalue weighted by molar-refractivity contribution is 5.94. The maximum Gasteiger partial charge on any atom is 0.416 e. The van der Waals surface area contributed by atoms with Crippen LogP contribution in [0.3, 0.4) is 0 Å². The van der Waals surface area contributed by atoms with Crippen LogP contribution in [0.15, 0.2) is 72.8 Å². The molecule has 4 aromatic rings. The van der Waals surface area contributed by atoms with Crippen LogP contribution in [0.25, 0.3) is 11.1 Å². The SMILES string of the molecule is Cc1nc(C)c(-c2ccc(CN(Cc3ccc(F)cc3)C(=O)c3cccc(C(F)(F)F)c3)cc2)c(N2CCC(C)(C)CC2)c1CC(=O)O. The molecule has 0 spiro atoms. The molecular weight excluding hydrogens is 622 g/mol. The van der Waals surface area contributed by atoms with Crippen LogP contribution in [0.2, 0.25) is 0 Å². The zero-order chi connectivity index (χ0) is 34.8. The number of carbonyl (C=O) groups excluding carboxylic acids is 1. The largest absolute Gasteiger partial charge is 0.481 e. The Morgan fingerprint density at radius 3 is 2.04 bits per heavy atom. The number of hydrogen-bond acceptors (Lipinski definition) is 4. The van der Waals surface area contributed by atoms with Gasteiger partial charge in [-0.3, -0.25) is 14.6 Å². The number of amides is 1. The molecule has 1 aromatic heterocycles. The molecule has 0 unspecified atom stereocenters. The van der Waals surface area contributed by atoms with Crippen LogP contribution in [0, 0.1) is 25.1 Å². The number of carboxylic acids is 1. The van der Waals surface area contributed by atoms with Gasteiger partial charge in [0.15, 0.2) is 0 Å². The van der Waals surface area contributed by atoms with E-state index in [1.807, 2.05) is 38.1 Å². The summed E-state index contributed by atoms with van der Waals surface area (Å²) in [5, 5.41) is 9.80. The molecule has 48 heavy (non-hydrogen) atoms. The van der Waals surface area contributed by atoms with E-state index in [0.717, 1.165) is 66.1 Å². The lowest BCUT2D eigenvalue weighted by molar-refractivity contribution is -0.138. The van der Waals surface area contributed by atoms with Crippen LogP contribution in [0.1, 0.15) is 70.7 Å². The molecule has 1 aliphatic heterocycles. The summed E-state index contributed by atoms with van der Waals surface area (Å²) in [6, 6.07) is 17.5. The molecule has 1 aliphatic rings. The highest BCUT2D eigenvalue weighted by Gasteiger charge is 2.32. The van der Waals surface area contributed by atoms with Gasteiger partial charge < -0.3 is 14.9 Å². The Morgan fingerprint density at radius 1 is 0.896 bits per heavy atom. The van der Waals surface area contributed by atoms with Gasteiger partial charge in [0.05, 0.1) is 17.7 Å². The Balaban J connectivity index is 1.50. The van der Waals surface area contributed by atoms with Gasteiger partial charge in [-0.15, -0.1) is 0 Å². The average Bonchev–Trinajstić information content (AvgIpc) is 3.03. The number of carbonyl (C=O) groups is 2. The minimum atomic E-state index is -4.61. The summed E-state index contributed by atoms with van der Waals surface area (Å²) in [6.45, 7) is 9.92. The smallest absolute Gasteiger partial charge is 0.416 e. The van der Waals surface area contributed by atoms with Gasteiger partial charge in [-0.1, -0.05) is 56.3 Å². The van der Waals surface area contributed by atoms with E-state index in [1.54, 1.807) is 0 Å². The minimum Gasteiger partial charge on any atom is -0.481 e. The second-order valence-electron chi connectivity index (χ2n) is 13.3. The standard InChI is InChI=1S/C38H39F4N3O3/c1-24-32(21-33(46)47)35(44-18-16-37(3,4)17-19-44)34(25(2)43-24)28-12-8-26(9-13-28)22-45(23-27-10-14-31(39)15-11-27)36(48)29-6-5-7-30(20-29)38(40,41)42/h5-15,20H,16-19,21-23H2,1-4H3,(H,46,47). The first-order valence-electron chi connectivity index (χ1n) is 15.9. The van der Waals surface area contributed by atoms with Crippen molar-refractivity contribution in [1.29, 1.82) is 0 Å². The lowest BCUT2D eigenvalue weighted by atomic mass is 9.82. The average molecular weight is 662 g/mol. The predicted molar refractivity (Wildman–Crippen MR) is 177 cm³/mol. The molecule has 3 aromatic carbocycles. The molecule has 0 bridgehead atoms. The van der Waals surface area contributed by atoms with Crippen molar-refractivity contribution < 1.29 is 32.3 Å². The van der Waals surface area contributed by atoms with E-state index < -0.39 is 29.4 Å². The van der Waals surface area contributed by atoms with Crippen LogP contribution >= 0.6 is 0 Å². The molecule has 0 saturated carbocycles. The molecule has 10 heteroatoms. The van der Waals surface area contributed by atoms with Crippen molar-refractivity contribution >= 4 is 17.6 Å². The van der Waals surface area contributed by atoms with Crippen LogP contribution < -0.4 is 4.90 Å². The van der Waals surface area contributed by atoms with Crippen molar-refractivity contribution in [3.05, 3.63) is 118 Å². The fourth-order valence-corrected chi connectivity index (χ4v) is 6.28. The lowest BCUT2D eigenvalue weighted by Gasteiger charge is -2.40. The van der Waals surface area contributed by atoms with Gasteiger partial charge in [0.2, 0.25) is 0 Å². The fraction of sp³-hybridized carbons (Fsp3) is 0.342. The van der Waals surface area contributed by atoms with Crippen LogP contribution in [-0.4, -0.2) is 40.0 Å². The molecule has 1 fully saturated rings. The van der Waals surface area contributed by atoms with E-state index in [0.29, 0.717) is 16.8 Å². The third-order valence-electron chi connectivity index (χ3n) is 9.04. The zero-order valence-electron chi connectivity index (χ0n) is 27.5. The third-order valence-corrected chi connectivity index (χ3v) is 9.04. The maximum absolute atomic E-state index is 13.7. The monoisotopic (exact) mass is 661 g/mol. The van der Waals surface area contributed by atoms with Crippen LogP contribution in [-0.2, 0) is 30.5 Å². The number of aromatic nitrogens is 1. The van der Waals surface area contributed by atoms with Crippen molar-refractivity contribution in [2.24, 2.45) is 5.41 Å². The first-order chi connectivity index (χ1) is 22.6. The number of pyridine rings is 1. The van der Waals surface area contributed by atoms with Gasteiger partial charge in [-0.05, 0) is 79.1 Å². The molecule has 1 N–H and O–H groups in total. The van der Waals surface area contributed by atoms with Crippen molar-refractivity contribution in [2.75, 3.05) is 18.0 Å². The van der Waals surface area contributed by atoms with Crippen molar-refractivity contribution in [2.45, 2.75) is 66.2 Å². The van der Waals surface area contributed by atoms with Gasteiger partial charge in [0.1, 0.15) is 5.82 Å². The second kappa shape index (κ2) is 13.8. The molecule has 0 aliphatic carbocycles. The summed E-state index contributed by atoms with van der Waals surface area (Å²) < 4.78 is 54.0. The third kappa shape index (κ3) is 8.03. The van der Waals surface area contributed by atoms with Crippen LogP contribution in [0.4, 0.5) is 23.2 Å². The van der Waals surface area contributed by atoms with Crippen LogP contribution in [0.5, 0.6) is 0 Å². The van der Waals surface area contributed by atoms with Gasteiger partial charge in [0, 0.05) is 54.3 Å². The summed E-state index contributed by atoms with van der Waals surface area (Å²) >= 11 is 0. The van der Waals surface area contributed by atoms with Crippen molar-refractivity contribution in [3.8, 4) is 11.1 Å². The molecule has 2 heterocycles. The topological polar surface area (TPSA) is 73.7 Å². The Bertz CT molecular complexity index is 1790. The number of anilines is 1. The van der Waals surface area contributed by atoms with E-state index in [-0.39, 0.29) is 30.5 Å². The number of rotatable bonds is 9. The highest BCUT2D eigenvalue weighted by Crippen LogP contribution is 2.41. The molecular formula is C38H39F4N3O3. The lowest BCUT2D eigenvalue weighted by Crippen LogP contribution is -2.38. The summed E-state index contributed by atoms with van der Waals surface area (Å²) in [6.07, 6.45) is -2.84. The zero-order valence-corrected chi connectivity index (χ0v) is 27.5. The minimum absolute atomic E-state index is 0.0477. The molecule has 0 radical (unpaired) electrons. The van der Waals surface area contributed by atoms with E-state index in [4.69, 9.17) is 4.98 Å². The quantitative estimate of drug-likeness (QED) is 0.182. The number of alkyl halides is 3. The summed E-state index contributed by atoms with van der Waals surface area (Å²) in [5.74, 6) is -1.97. The van der Waals surface area contributed by atoms with Crippen molar-refractivity contribution in [1.82, 2.24) is 9.88 Å². The summed E-state index contributed by atoms with van der Waals surface area (Å²) in [5.41, 5.74) is 5.21. The first-order valence-corrected chi connectivity index (χ1v) is 15.9. The normalized spacial score (nSPS) is 14.5. The Kier molecular flexibility index (Phi) is 9.94. The molecule has 5 rings (SSSR count). The Morgan fingerprint density at radius 2 is 1.48 bits per heavy atom. The second-order valence-corrected chi connectivity index (χ2v) is 13.3. The number of nitrogens with zero attached hydrogens (tertiary/aromatic N) is 3. The predicted octanol–water partition coefficient (Wildman–Crippen LogP) is 8.62. The first kappa shape index (κ1) is 34.6. The van der Waals surface area contributed by atoms with Gasteiger partial charge in [0.25, 0.3) is 5.91 Å². The molecule has 1 amide bonds. The Hall–Kier alpha value is -4.73. The number of carboxylic acid groups (broad SMARTS) is 1. The number of benzene rings is 3. The summed E-state index contributed by atoms with van der Waals surface area (Å²) in [4.78, 5) is 34.1. The van der Waals surface area contributed by atoms with E-state index in [9.17, 15) is 32.3 Å². The van der Waals surface area contributed by atoms with E-state index in [2.05, 4.69) is 18.7 Å². The highest BCUT2D eigenvalue weighted by atomic mass is 19.4. The number of aryl methyl sites for hydroxylation is 2. The molecule has 0 atom stereocenters. The number of halogens is 4. The maximum atomic E-state index is 13.7. The Labute approximate surface area is 278 Å². The fourth-order valence-electron chi connectivity index (χ4n) is 6.28.